The Bertz CT molecular complexity index is 724. The molecule has 26 heavy (non-hydrogen) atoms. The van der Waals surface area contributed by atoms with E-state index >= 15 is 0 Å². The van der Waals surface area contributed by atoms with Gasteiger partial charge in [-0.1, -0.05) is 0 Å². The van der Waals surface area contributed by atoms with E-state index in [9.17, 15) is 22.0 Å². The standard InChI is InChI=1S/C16H23F2N3O4S/c1-12(21-6-8-25-9-7-21)11-19-16(22)4-5-20-26(23,24)13-2-3-14(17)15(18)10-13/h2-3,10,12,20H,4-9,11H2,1H3,(H,19,22). The Balaban J connectivity index is 1.74. The van der Waals surface area contributed by atoms with Gasteiger partial charge in [0.25, 0.3) is 0 Å². The van der Waals surface area contributed by atoms with Gasteiger partial charge in [-0.2, -0.15) is 0 Å². The van der Waals surface area contributed by atoms with Gasteiger partial charge in [0.15, 0.2) is 11.6 Å². The minimum Gasteiger partial charge on any atom is -0.379 e. The number of rotatable bonds is 8. The summed E-state index contributed by atoms with van der Waals surface area (Å²) in [5.74, 6) is -2.67. The Morgan fingerprint density at radius 2 is 1.96 bits per heavy atom. The van der Waals surface area contributed by atoms with Crippen molar-refractivity contribution in [1.82, 2.24) is 14.9 Å². The fourth-order valence-corrected chi connectivity index (χ4v) is 3.57. The Hall–Kier alpha value is -1.62. The number of sulfonamides is 1. The van der Waals surface area contributed by atoms with Gasteiger partial charge in [0.2, 0.25) is 15.9 Å². The summed E-state index contributed by atoms with van der Waals surface area (Å²) in [5, 5.41) is 2.76. The maximum Gasteiger partial charge on any atom is 0.240 e. The Morgan fingerprint density at radius 3 is 2.62 bits per heavy atom. The molecule has 1 aliphatic rings. The van der Waals surface area contributed by atoms with Crippen LogP contribution < -0.4 is 10.0 Å². The van der Waals surface area contributed by atoms with Crippen molar-refractivity contribution in [2.24, 2.45) is 0 Å². The highest BCUT2D eigenvalue weighted by Crippen LogP contribution is 2.13. The highest BCUT2D eigenvalue weighted by atomic mass is 32.2. The van der Waals surface area contributed by atoms with E-state index in [1.165, 1.54) is 0 Å². The third-order valence-corrected chi connectivity index (χ3v) is 5.57. The van der Waals surface area contributed by atoms with Crippen molar-refractivity contribution in [1.29, 1.82) is 0 Å². The number of morpholine rings is 1. The summed E-state index contributed by atoms with van der Waals surface area (Å²) >= 11 is 0. The van der Waals surface area contributed by atoms with Gasteiger partial charge >= 0.3 is 0 Å². The van der Waals surface area contributed by atoms with Crippen molar-refractivity contribution in [3.05, 3.63) is 29.8 Å². The van der Waals surface area contributed by atoms with Crippen LogP contribution in [0, 0.1) is 11.6 Å². The summed E-state index contributed by atoms with van der Waals surface area (Å²) in [5.41, 5.74) is 0. The molecule has 0 radical (unpaired) electrons. The van der Waals surface area contributed by atoms with Gasteiger partial charge in [-0.15, -0.1) is 0 Å². The molecule has 1 aromatic carbocycles. The molecule has 1 atom stereocenters. The number of nitrogens with one attached hydrogen (secondary N) is 2. The quantitative estimate of drug-likeness (QED) is 0.673. The molecule has 1 heterocycles. The summed E-state index contributed by atoms with van der Waals surface area (Å²) in [7, 11) is -4.00. The van der Waals surface area contributed by atoms with Crippen molar-refractivity contribution in [3.8, 4) is 0 Å². The van der Waals surface area contributed by atoms with E-state index in [0.717, 1.165) is 25.2 Å². The summed E-state index contributed by atoms with van der Waals surface area (Å²) < 4.78 is 57.5. The molecule has 146 valence electrons. The molecule has 2 rings (SSSR count). The molecule has 1 aromatic rings. The van der Waals surface area contributed by atoms with Gasteiger partial charge in [0.1, 0.15) is 0 Å². The highest BCUT2D eigenvalue weighted by molar-refractivity contribution is 7.89. The largest absolute Gasteiger partial charge is 0.379 e. The molecule has 0 aromatic heterocycles. The second kappa shape index (κ2) is 9.36. The zero-order valence-electron chi connectivity index (χ0n) is 14.5. The van der Waals surface area contributed by atoms with Crippen LogP contribution in [0.5, 0.6) is 0 Å². The van der Waals surface area contributed by atoms with E-state index in [1.807, 2.05) is 6.92 Å². The minimum absolute atomic E-state index is 0.0568. The Morgan fingerprint density at radius 1 is 1.27 bits per heavy atom. The molecule has 1 fully saturated rings. The van der Waals surface area contributed by atoms with E-state index in [2.05, 4.69) is 14.9 Å². The van der Waals surface area contributed by atoms with Gasteiger partial charge in [-0.3, -0.25) is 9.69 Å². The maximum absolute atomic E-state index is 13.1. The van der Waals surface area contributed by atoms with Gasteiger partial charge in [-0.25, -0.2) is 21.9 Å². The first kappa shape index (κ1) is 20.7. The summed E-state index contributed by atoms with van der Waals surface area (Å²) in [6.07, 6.45) is -0.0568. The average molecular weight is 391 g/mol. The van der Waals surface area contributed by atoms with Gasteiger partial charge in [0.05, 0.1) is 18.1 Å². The molecule has 0 saturated carbocycles. The Kier molecular flexibility index (Phi) is 7.44. The molecule has 1 unspecified atom stereocenters. The predicted octanol–water partition coefficient (Wildman–Crippen LogP) is 0.470. The molecule has 0 bridgehead atoms. The molecule has 0 aliphatic carbocycles. The van der Waals surface area contributed by atoms with E-state index < -0.39 is 26.6 Å². The van der Waals surface area contributed by atoms with E-state index in [1.54, 1.807) is 0 Å². The van der Waals surface area contributed by atoms with Gasteiger partial charge < -0.3 is 10.1 Å². The molecular weight excluding hydrogens is 368 g/mol. The lowest BCUT2D eigenvalue weighted by Crippen LogP contribution is -2.47. The van der Waals surface area contributed by atoms with E-state index in [4.69, 9.17) is 4.74 Å². The van der Waals surface area contributed by atoms with Crippen LogP contribution in [0.1, 0.15) is 13.3 Å². The predicted molar refractivity (Wildman–Crippen MR) is 91.0 cm³/mol. The normalized spacial score (nSPS) is 17.0. The van der Waals surface area contributed by atoms with Crippen LogP contribution in [-0.2, 0) is 19.6 Å². The molecule has 10 heteroatoms. The van der Waals surface area contributed by atoms with Crippen LogP contribution in [-0.4, -0.2) is 64.7 Å². The number of benzene rings is 1. The maximum atomic E-state index is 13.1. The van der Waals surface area contributed by atoms with Crippen molar-refractivity contribution in [3.63, 3.8) is 0 Å². The lowest BCUT2D eigenvalue weighted by molar-refractivity contribution is -0.121. The zero-order valence-corrected chi connectivity index (χ0v) is 15.3. The first-order chi connectivity index (χ1) is 12.3. The molecule has 1 aliphatic heterocycles. The fraction of sp³-hybridized carbons (Fsp3) is 0.562. The first-order valence-corrected chi connectivity index (χ1v) is 9.81. The average Bonchev–Trinajstić information content (AvgIpc) is 2.62. The minimum atomic E-state index is -4.00. The lowest BCUT2D eigenvalue weighted by atomic mass is 10.2. The molecule has 1 saturated heterocycles. The third kappa shape index (κ3) is 5.97. The second-order valence-electron chi connectivity index (χ2n) is 6.03. The van der Waals surface area contributed by atoms with Crippen LogP contribution in [0.4, 0.5) is 8.78 Å². The van der Waals surface area contributed by atoms with Crippen LogP contribution in [0.2, 0.25) is 0 Å². The van der Waals surface area contributed by atoms with Crippen molar-refractivity contribution < 1.29 is 26.7 Å². The van der Waals surface area contributed by atoms with Crippen LogP contribution in [0.25, 0.3) is 0 Å². The number of hydrogen-bond acceptors (Lipinski definition) is 5. The van der Waals surface area contributed by atoms with Crippen LogP contribution in [0.15, 0.2) is 23.1 Å². The monoisotopic (exact) mass is 391 g/mol. The van der Waals surface area contributed by atoms with Gasteiger partial charge in [0, 0.05) is 38.6 Å². The summed E-state index contributed by atoms with van der Waals surface area (Å²) in [6, 6.07) is 2.46. The topological polar surface area (TPSA) is 87.7 Å². The lowest BCUT2D eigenvalue weighted by Gasteiger charge is -2.32. The van der Waals surface area contributed by atoms with Crippen LogP contribution in [0.3, 0.4) is 0 Å². The second-order valence-corrected chi connectivity index (χ2v) is 7.79. The van der Waals surface area contributed by atoms with Crippen molar-refractivity contribution in [2.75, 3.05) is 39.4 Å². The summed E-state index contributed by atoms with van der Waals surface area (Å²) in [4.78, 5) is 13.7. The van der Waals surface area contributed by atoms with Crippen LogP contribution >= 0.6 is 0 Å². The third-order valence-electron chi connectivity index (χ3n) is 4.11. The van der Waals surface area contributed by atoms with E-state index in [0.29, 0.717) is 25.8 Å². The number of halogens is 2. The highest BCUT2D eigenvalue weighted by Gasteiger charge is 2.19. The zero-order chi connectivity index (χ0) is 19.2. The molecule has 2 N–H and O–H groups in total. The SMILES string of the molecule is CC(CNC(=O)CCNS(=O)(=O)c1ccc(F)c(F)c1)N1CCOCC1. The summed E-state index contributed by atoms with van der Waals surface area (Å²) in [6.45, 7) is 5.27. The molecule has 7 nitrogen and oxygen atoms in total. The van der Waals surface area contributed by atoms with Crippen molar-refractivity contribution >= 4 is 15.9 Å². The van der Waals surface area contributed by atoms with E-state index in [-0.39, 0.29) is 24.9 Å². The number of hydrogen-bond donors (Lipinski definition) is 2. The van der Waals surface area contributed by atoms with Gasteiger partial charge in [-0.05, 0) is 25.1 Å². The smallest absolute Gasteiger partial charge is 0.240 e. The molecular formula is C16H23F2N3O4S. The molecule has 1 amide bonds. The number of carbonyl (C=O) groups excluding carboxylic acids is 1. The Labute approximate surface area is 151 Å². The molecule has 0 spiro atoms. The fourth-order valence-electron chi connectivity index (χ4n) is 2.52. The number of ether oxygens (including phenoxy) is 1. The number of carbonyl (C=O) groups is 1. The number of nitrogens with zero attached hydrogens (tertiary/aromatic N) is 1. The first-order valence-electron chi connectivity index (χ1n) is 8.33. The number of amides is 1. The van der Waals surface area contributed by atoms with Crippen molar-refractivity contribution in [2.45, 2.75) is 24.3 Å².